The molecule has 0 saturated carbocycles. The Morgan fingerprint density at radius 1 is 0.935 bits per heavy atom. The lowest BCUT2D eigenvalue weighted by atomic mass is 10.1. The molecule has 31 heavy (non-hydrogen) atoms. The predicted molar refractivity (Wildman–Crippen MR) is 107 cm³/mol. The third kappa shape index (κ3) is 3.69. The fourth-order valence-electron chi connectivity index (χ4n) is 2.93. The molecule has 11 nitrogen and oxygen atoms in total. The van der Waals surface area contributed by atoms with E-state index in [1.54, 1.807) is 6.07 Å². The average Bonchev–Trinajstić information content (AvgIpc) is 3.45. The van der Waals surface area contributed by atoms with Crippen molar-refractivity contribution in [2.45, 2.75) is 0 Å². The van der Waals surface area contributed by atoms with E-state index in [1.807, 2.05) is 0 Å². The minimum atomic E-state index is -1.21. The van der Waals surface area contributed by atoms with E-state index >= 15 is 0 Å². The summed E-state index contributed by atoms with van der Waals surface area (Å²) in [4.78, 5) is 25.7. The van der Waals surface area contributed by atoms with Gasteiger partial charge in [-0.25, -0.2) is 9.59 Å². The van der Waals surface area contributed by atoms with Crippen LogP contribution in [0, 0.1) is 0 Å². The Bertz CT molecular complexity index is 1300. The molecule has 0 fully saturated rings. The highest BCUT2D eigenvalue weighted by atomic mass is 35.5. The molecule has 2 aromatic carbocycles. The van der Waals surface area contributed by atoms with Gasteiger partial charge in [-0.2, -0.15) is 24.9 Å². The van der Waals surface area contributed by atoms with E-state index in [0.717, 1.165) is 9.59 Å². The zero-order valence-corrected chi connectivity index (χ0v) is 16.6. The van der Waals surface area contributed by atoms with Crippen molar-refractivity contribution in [3.05, 3.63) is 65.1 Å². The largest absolute Gasteiger partial charge is 0.497 e. The first-order valence-corrected chi connectivity index (χ1v) is 9.04. The minimum Gasteiger partial charge on any atom is -0.497 e. The molecule has 0 aliphatic heterocycles. The maximum atomic E-state index is 11.8. The first kappa shape index (κ1) is 20.0. The summed E-state index contributed by atoms with van der Waals surface area (Å²) < 4.78 is 5.06. The number of rotatable bonds is 6. The normalized spacial score (nSPS) is 10.8. The molecule has 0 radical (unpaired) electrons. The fraction of sp³-hybridized carbons (Fsp3) is 0.0526. The lowest BCUT2D eigenvalue weighted by Gasteiger charge is -2.09. The molecular weight excluding hydrogens is 428 g/mol. The first-order chi connectivity index (χ1) is 14.9. The van der Waals surface area contributed by atoms with Gasteiger partial charge in [-0.05, 0) is 30.3 Å². The van der Waals surface area contributed by atoms with Gasteiger partial charge < -0.3 is 14.9 Å². The van der Waals surface area contributed by atoms with Crippen LogP contribution in [0.2, 0.25) is 5.02 Å². The molecule has 2 N–H and O–H groups in total. The standard InChI is InChI=1S/C19H13ClN6O5/c1-31-10-2-3-16(12(6-10)18(27)28)26-23-9-15(24-26)11-7-13(19(29)30)17(8-14(11)20)25-21-4-5-22-25/h2-9H,1H3,(H,27,28)(H,29,30). The Balaban J connectivity index is 1.81. The van der Waals surface area contributed by atoms with Crippen LogP contribution in [-0.4, -0.2) is 59.2 Å². The number of nitrogens with zero attached hydrogens (tertiary/aromatic N) is 6. The number of ether oxygens (including phenoxy) is 1. The van der Waals surface area contributed by atoms with Crippen molar-refractivity contribution >= 4 is 23.5 Å². The zero-order chi connectivity index (χ0) is 22.1. The van der Waals surface area contributed by atoms with Gasteiger partial charge in [-0.1, -0.05) is 11.6 Å². The summed E-state index contributed by atoms with van der Waals surface area (Å²) in [6, 6.07) is 7.18. The Morgan fingerprint density at radius 2 is 1.61 bits per heavy atom. The van der Waals surface area contributed by atoms with E-state index in [-0.39, 0.29) is 33.2 Å². The highest BCUT2D eigenvalue weighted by Crippen LogP contribution is 2.31. The molecule has 0 unspecified atom stereocenters. The topological polar surface area (TPSA) is 145 Å². The van der Waals surface area contributed by atoms with Gasteiger partial charge in [-0.3, -0.25) is 0 Å². The molecular formula is C19H13ClN6O5. The van der Waals surface area contributed by atoms with E-state index in [4.69, 9.17) is 16.3 Å². The van der Waals surface area contributed by atoms with Gasteiger partial charge in [-0.15, -0.1) is 5.10 Å². The summed E-state index contributed by atoms with van der Waals surface area (Å²) in [6.07, 6.45) is 4.18. The van der Waals surface area contributed by atoms with Crippen molar-refractivity contribution in [3.63, 3.8) is 0 Å². The number of benzene rings is 2. The minimum absolute atomic E-state index is 0.0704. The Morgan fingerprint density at radius 3 is 2.26 bits per heavy atom. The van der Waals surface area contributed by atoms with E-state index in [2.05, 4.69) is 20.4 Å². The molecule has 4 rings (SSSR count). The molecule has 2 heterocycles. The summed E-state index contributed by atoms with van der Waals surface area (Å²) in [6.45, 7) is 0. The number of hydrogen-bond acceptors (Lipinski definition) is 7. The summed E-state index contributed by atoms with van der Waals surface area (Å²) >= 11 is 6.38. The second kappa shape index (κ2) is 7.88. The molecule has 2 aromatic heterocycles. The lowest BCUT2D eigenvalue weighted by Crippen LogP contribution is -2.09. The molecule has 12 heteroatoms. The summed E-state index contributed by atoms with van der Waals surface area (Å²) in [5, 5.41) is 35.6. The third-order valence-electron chi connectivity index (χ3n) is 4.37. The smallest absolute Gasteiger partial charge is 0.338 e. The number of hydrogen-bond donors (Lipinski definition) is 2. The van der Waals surface area contributed by atoms with Crippen molar-refractivity contribution in [1.29, 1.82) is 0 Å². The molecule has 0 bridgehead atoms. The monoisotopic (exact) mass is 440 g/mol. The Kier molecular flexibility index (Phi) is 5.09. The number of carboxylic acid groups (broad SMARTS) is 2. The number of methoxy groups -OCH3 is 1. The van der Waals surface area contributed by atoms with Gasteiger partial charge >= 0.3 is 11.9 Å². The average molecular weight is 441 g/mol. The fourth-order valence-corrected chi connectivity index (χ4v) is 3.18. The molecule has 0 spiro atoms. The van der Waals surface area contributed by atoms with Crippen molar-refractivity contribution in [2.24, 2.45) is 0 Å². The van der Waals surface area contributed by atoms with Gasteiger partial charge in [0.15, 0.2) is 0 Å². The summed E-state index contributed by atoms with van der Waals surface area (Å²) in [5.41, 5.74) is 0.763. The van der Waals surface area contributed by atoms with Gasteiger partial charge in [0.2, 0.25) is 0 Å². The number of aromatic nitrogens is 6. The zero-order valence-electron chi connectivity index (χ0n) is 15.8. The SMILES string of the molecule is COc1ccc(-n2ncc(-c3cc(C(=O)O)c(-n4nccn4)cc3Cl)n2)c(C(=O)O)c1. The molecule has 4 aromatic rings. The van der Waals surface area contributed by atoms with Crippen LogP contribution in [0.15, 0.2) is 48.9 Å². The third-order valence-corrected chi connectivity index (χ3v) is 4.68. The van der Waals surface area contributed by atoms with Crippen LogP contribution in [0.4, 0.5) is 0 Å². The van der Waals surface area contributed by atoms with E-state index < -0.39 is 11.9 Å². The highest BCUT2D eigenvalue weighted by molar-refractivity contribution is 6.33. The van der Waals surface area contributed by atoms with E-state index in [9.17, 15) is 19.8 Å². The van der Waals surface area contributed by atoms with Crippen LogP contribution < -0.4 is 4.74 Å². The number of carboxylic acids is 2. The second-order valence-corrected chi connectivity index (χ2v) is 6.59. The number of aromatic carboxylic acids is 2. The Labute approximate surface area is 179 Å². The highest BCUT2D eigenvalue weighted by Gasteiger charge is 2.20. The van der Waals surface area contributed by atoms with Crippen LogP contribution in [0.25, 0.3) is 22.6 Å². The first-order valence-electron chi connectivity index (χ1n) is 8.67. The van der Waals surface area contributed by atoms with Crippen LogP contribution in [0.5, 0.6) is 5.75 Å². The van der Waals surface area contributed by atoms with Gasteiger partial charge in [0, 0.05) is 5.56 Å². The van der Waals surface area contributed by atoms with E-state index in [1.165, 1.54) is 50.0 Å². The molecule has 156 valence electrons. The van der Waals surface area contributed by atoms with Crippen molar-refractivity contribution < 1.29 is 24.5 Å². The van der Waals surface area contributed by atoms with Crippen LogP contribution >= 0.6 is 11.6 Å². The predicted octanol–water partition coefficient (Wildman–Crippen LogP) is 2.57. The molecule has 0 aliphatic carbocycles. The molecule has 0 saturated heterocycles. The summed E-state index contributed by atoms with van der Waals surface area (Å²) in [7, 11) is 1.43. The Hall–Kier alpha value is -4.25. The maximum Gasteiger partial charge on any atom is 0.338 e. The van der Waals surface area contributed by atoms with E-state index in [0.29, 0.717) is 11.3 Å². The maximum absolute atomic E-state index is 11.8. The van der Waals surface area contributed by atoms with Crippen molar-refractivity contribution in [2.75, 3.05) is 7.11 Å². The lowest BCUT2D eigenvalue weighted by molar-refractivity contribution is 0.0685. The van der Waals surface area contributed by atoms with Crippen LogP contribution in [0.3, 0.4) is 0 Å². The number of halogens is 1. The molecule has 0 aliphatic rings. The number of carbonyl (C=O) groups is 2. The van der Waals surface area contributed by atoms with Crippen molar-refractivity contribution in [1.82, 2.24) is 30.0 Å². The molecule has 0 atom stereocenters. The molecule has 0 amide bonds. The van der Waals surface area contributed by atoms with Gasteiger partial charge in [0.05, 0.1) is 41.8 Å². The summed E-state index contributed by atoms with van der Waals surface area (Å²) in [5.74, 6) is -2.03. The van der Waals surface area contributed by atoms with Gasteiger partial charge in [0.1, 0.15) is 22.8 Å². The van der Waals surface area contributed by atoms with Crippen LogP contribution in [-0.2, 0) is 0 Å². The van der Waals surface area contributed by atoms with Crippen LogP contribution in [0.1, 0.15) is 20.7 Å². The second-order valence-electron chi connectivity index (χ2n) is 6.18. The quantitative estimate of drug-likeness (QED) is 0.461. The van der Waals surface area contributed by atoms with Gasteiger partial charge in [0.25, 0.3) is 0 Å². The van der Waals surface area contributed by atoms with Crippen molar-refractivity contribution in [3.8, 4) is 28.4 Å².